The summed E-state index contributed by atoms with van der Waals surface area (Å²) in [7, 11) is 0. The Labute approximate surface area is 200 Å². The molecule has 0 atom stereocenters. The van der Waals surface area contributed by atoms with E-state index in [0.29, 0.717) is 12.1 Å². The van der Waals surface area contributed by atoms with Gasteiger partial charge in [0.25, 0.3) is 0 Å². The number of likely N-dealkylation sites (tertiary alicyclic amines) is 1. The van der Waals surface area contributed by atoms with Crippen LogP contribution in [0.4, 0.5) is 32.4 Å². The van der Waals surface area contributed by atoms with E-state index < -0.39 is 29.3 Å². The van der Waals surface area contributed by atoms with Crippen LogP contribution >= 0.6 is 23.2 Å². The molecule has 33 heavy (non-hydrogen) atoms. The fourth-order valence-electron chi connectivity index (χ4n) is 3.04. The highest BCUT2D eigenvalue weighted by Crippen LogP contribution is 2.39. The number of aromatic nitrogens is 1. The minimum absolute atomic E-state index is 0.0400. The van der Waals surface area contributed by atoms with Gasteiger partial charge < -0.3 is 10.2 Å². The molecule has 0 bridgehead atoms. The van der Waals surface area contributed by atoms with Crippen LogP contribution in [-0.4, -0.2) is 34.9 Å². The number of nitrogens with zero attached hydrogens (tertiary/aromatic N) is 2. The molecule has 0 unspecified atom stereocenters. The van der Waals surface area contributed by atoms with Crippen molar-refractivity contribution in [3.63, 3.8) is 0 Å². The Morgan fingerprint density at radius 1 is 1.21 bits per heavy atom. The van der Waals surface area contributed by atoms with Crippen molar-refractivity contribution < 1.29 is 26.7 Å². The number of alkyl halides is 5. The van der Waals surface area contributed by atoms with Crippen LogP contribution in [-0.2, 0) is 11.8 Å². The van der Waals surface area contributed by atoms with Gasteiger partial charge in [0.1, 0.15) is 5.82 Å². The lowest BCUT2D eigenvalue weighted by Gasteiger charge is -2.36. The summed E-state index contributed by atoms with van der Waals surface area (Å²) in [5.74, 6) is -0.767. The third kappa shape index (κ3) is 7.99. The van der Waals surface area contributed by atoms with Crippen molar-refractivity contribution in [1.82, 2.24) is 9.88 Å². The normalized spacial score (nSPS) is 14.9. The third-order valence-electron chi connectivity index (χ3n) is 4.55. The Morgan fingerprint density at radius 3 is 2.27 bits per heavy atom. The van der Waals surface area contributed by atoms with Gasteiger partial charge in [-0.3, -0.25) is 4.98 Å². The van der Waals surface area contributed by atoms with Gasteiger partial charge in [0.15, 0.2) is 5.67 Å². The molecule has 0 saturated carbocycles. The van der Waals surface area contributed by atoms with Gasteiger partial charge in [0, 0.05) is 43.7 Å². The number of pyridine rings is 1. The molecule has 0 radical (unpaired) electrons. The summed E-state index contributed by atoms with van der Waals surface area (Å²) >= 11 is 11.0. The molecule has 11 heteroatoms. The molecule has 1 saturated heterocycles. The SMILES string of the molecule is CC.CCCl.O=C(Nc1ccc(C(F)(F)F)c(F)c1)N1CCC(F)(c2ncccc2Cl)CC1. The molecule has 2 aromatic rings. The van der Waals surface area contributed by atoms with Crippen LogP contribution in [0.3, 0.4) is 0 Å². The summed E-state index contributed by atoms with van der Waals surface area (Å²) in [6.45, 7) is 5.97. The van der Waals surface area contributed by atoms with Gasteiger partial charge >= 0.3 is 12.2 Å². The van der Waals surface area contributed by atoms with Gasteiger partial charge in [-0.1, -0.05) is 32.4 Å². The molecule has 0 aliphatic carbocycles. The summed E-state index contributed by atoms with van der Waals surface area (Å²) in [5, 5.41) is 2.52. The number of carbonyl (C=O) groups excluding carboxylic acids is 1. The summed E-state index contributed by atoms with van der Waals surface area (Å²) in [6.07, 6.45) is -3.48. The molecule has 1 fully saturated rings. The third-order valence-corrected chi connectivity index (χ3v) is 4.86. The first-order valence-electron chi connectivity index (χ1n) is 10.3. The summed E-state index contributed by atoms with van der Waals surface area (Å²) in [6, 6.07) is 4.56. The van der Waals surface area contributed by atoms with Crippen molar-refractivity contribution in [2.45, 2.75) is 45.5 Å². The second kappa shape index (κ2) is 12.9. The van der Waals surface area contributed by atoms with Crippen molar-refractivity contribution in [3.8, 4) is 0 Å². The highest BCUT2D eigenvalue weighted by atomic mass is 35.5. The van der Waals surface area contributed by atoms with Crippen molar-refractivity contribution in [2.24, 2.45) is 0 Å². The van der Waals surface area contributed by atoms with Crippen molar-refractivity contribution in [2.75, 3.05) is 24.3 Å². The highest BCUT2D eigenvalue weighted by molar-refractivity contribution is 6.31. The zero-order chi connectivity index (χ0) is 25.2. The molecule has 1 aromatic carbocycles. The monoisotopic (exact) mass is 513 g/mol. The van der Waals surface area contributed by atoms with Crippen molar-refractivity contribution in [3.05, 3.63) is 58.6 Å². The van der Waals surface area contributed by atoms with Crippen molar-refractivity contribution >= 4 is 34.9 Å². The van der Waals surface area contributed by atoms with E-state index in [0.717, 1.165) is 11.9 Å². The molecule has 2 heterocycles. The second-order valence-electron chi connectivity index (χ2n) is 6.68. The minimum Gasteiger partial charge on any atom is -0.324 e. The lowest BCUT2D eigenvalue weighted by molar-refractivity contribution is -0.139. The van der Waals surface area contributed by atoms with Crippen LogP contribution in [0.2, 0.25) is 5.02 Å². The Kier molecular flexibility index (Phi) is 11.3. The second-order valence-corrected chi connectivity index (χ2v) is 7.62. The number of anilines is 1. The molecule has 3 rings (SSSR count). The smallest absolute Gasteiger partial charge is 0.324 e. The van der Waals surface area contributed by atoms with Gasteiger partial charge in [0.2, 0.25) is 0 Å². The molecular formula is C22H26Cl2F5N3O. The Hall–Kier alpha value is -2.13. The Balaban J connectivity index is 0.00000101. The number of piperidine rings is 1. The first-order valence-corrected chi connectivity index (χ1v) is 11.2. The lowest BCUT2D eigenvalue weighted by Crippen LogP contribution is -2.45. The Morgan fingerprint density at radius 2 is 1.79 bits per heavy atom. The van der Waals surface area contributed by atoms with Crippen LogP contribution in [0.25, 0.3) is 0 Å². The number of carbonyl (C=O) groups is 1. The van der Waals surface area contributed by atoms with E-state index >= 15 is 4.39 Å². The van der Waals surface area contributed by atoms with E-state index in [1.807, 2.05) is 20.8 Å². The van der Waals surface area contributed by atoms with E-state index in [9.17, 15) is 22.4 Å². The summed E-state index contributed by atoms with van der Waals surface area (Å²) < 4.78 is 66.6. The van der Waals surface area contributed by atoms with E-state index in [1.54, 1.807) is 6.07 Å². The topological polar surface area (TPSA) is 45.2 Å². The standard InChI is InChI=1S/C18H15ClF5N3O.C2H5Cl.C2H6/c19-13-2-1-7-25-15(13)17(21)5-8-27(9-6-17)16(28)26-11-3-4-12(14(20)10-11)18(22,23)24;1-2-3;1-2/h1-4,7,10H,5-6,8-9H2,(H,26,28);2H2,1H3;1-2H3. The van der Waals surface area contributed by atoms with E-state index in [1.165, 1.54) is 17.2 Å². The zero-order valence-electron chi connectivity index (χ0n) is 18.4. The van der Waals surface area contributed by atoms with Crippen LogP contribution in [0.1, 0.15) is 44.9 Å². The van der Waals surface area contributed by atoms with Crippen LogP contribution in [0.15, 0.2) is 36.5 Å². The van der Waals surface area contributed by atoms with Crippen LogP contribution < -0.4 is 5.32 Å². The number of nitrogens with one attached hydrogen (secondary N) is 1. The van der Waals surface area contributed by atoms with E-state index in [2.05, 4.69) is 10.3 Å². The number of rotatable bonds is 2. The summed E-state index contributed by atoms with van der Waals surface area (Å²) in [5.41, 5.74) is -3.21. The Bertz CT molecular complexity index is 904. The van der Waals surface area contributed by atoms with E-state index in [-0.39, 0.29) is 42.3 Å². The first kappa shape index (κ1) is 28.9. The molecule has 1 aliphatic heterocycles. The number of halogens is 7. The molecule has 184 valence electrons. The number of urea groups is 1. The average molecular weight is 514 g/mol. The largest absolute Gasteiger partial charge is 0.419 e. The van der Waals surface area contributed by atoms with Gasteiger partial charge in [-0.25, -0.2) is 13.6 Å². The molecule has 1 aliphatic rings. The molecule has 2 amide bonds. The number of hydrogen-bond acceptors (Lipinski definition) is 2. The maximum atomic E-state index is 15.2. The summed E-state index contributed by atoms with van der Waals surface area (Å²) in [4.78, 5) is 17.6. The van der Waals surface area contributed by atoms with Crippen LogP contribution in [0, 0.1) is 5.82 Å². The predicted octanol–water partition coefficient (Wildman–Crippen LogP) is 7.66. The first-order chi connectivity index (χ1) is 15.5. The molecule has 4 nitrogen and oxygen atoms in total. The fourth-order valence-corrected chi connectivity index (χ4v) is 3.33. The number of amides is 2. The fraction of sp³-hybridized carbons (Fsp3) is 0.455. The quantitative estimate of drug-likeness (QED) is 0.331. The minimum atomic E-state index is -4.82. The maximum absolute atomic E-state index is 15.2. The average Bonchev–Trinajstić information content (AvgIpc) is 2.75. The van der Waals surface area contributed by atoms with Gasteiger partial charge in [0.05, 0.1) is 16.3 Å². The lowest BCUT2D eigenvalue weighted by atomic mass is 9.89. The van der Waals surface area contributed by atoms with Gasteiger partial charge in [-0.15, -0.1) is 11.6 Å². The zero-order valence-corrected chi connectivity index (χ0v) is 20.0. The molecule has 1 N–H and O–H groups in total. The van der Waals surface area contributed by atoms with Crippen LogP contribution in [0.5, 0.6) is 0 Å². The molecule has 1 aromatic heterocycles. The maximum Gasteiger partial charge on any atom is 0.419 e. The highest BCUT2D eigenvalue weighted by Gasteiger charge is 2.40. The predicted molar refractivity (Wildman–Crippen MR) is 121 cm³/mol. The van der Waals surface area contributed by atoms with Crippen molar-refractivity contribution in [1.29, 1.82) is 0 Å². The number of benzene rings is 1. The number of hydrogen-bond donors (Lipinski definition) is 1. The van der Waals surface area contributed by atoms with Gasteiger partial charge in [-0.05, 0) is 30.3 Å². The molecular weight excluding hydrogens is 488 g/mol. The van der Waals surface area contributed by atoms with Gasteiger partial charge in [-0.2, -0.15) is 13.2 Å². The molecule has 0 spiro atoms. The van der Waals surface area contributed by atoms with E-state index in [4.69, 9.17) is 23.2 Å².